The van der Waals surface area contributed by atoms with Gasteiger partial charge in [-0.15, -0.1) is 0 Å². The van der Waals surface area contributed by atoms with Crippen molar-refractivity contribution in [3.63, 3.8) is 0 Å². The van der Waals surface area contributed by atoms with Crippen LogP contribution in [0.25, 0.3) is 0 Å². The summed E-state index contributed by atoms with van der Waals surface area (Å²) in [6, 6.07) is 4.30. The topological polar surface area (TPSA) is 72.5 Å². The van der Waals surface area contributed by atoms with Gasteiger partial charge in [0.25, 0.3) is 0 Å². The predicted octanol–water partition coefficient (Wildman–Crippen LogP) is 2.94. The molecule has 6 nitrogen and oxygen atoms in total. The lowest BCUT2D eigenvalue weighted by Crippen LogP contribution is -2.60. The fraction of sp³-hybridized carbons (Fsp3) is 0.471. The second-order valence-electron chi connectivity index (χ2n) is 6.66. The van der Waals surface area contributed by atoms with E-state index in [0.29, 0.717) is 12.8 Å². The highest BCUT2D eigenvalue weighted by atomic mass is 35.5. The summed E-state index contributed by atoms with van der Waals surface area (Å²) in [4.78, 5) is 9.70. The molecule has 1 atom stereocenters. The SMILES string of the molecule is OC1(Cn2cncn2)C(c2ccc(Cl)cc2F)=NOC12CCCCC2. The zero-order chi connectivity index (χ0) is 17.5. The van der Waals surface area contributed by atoms with Crippen LogP contribution in [0.2, 0.25) is 5.02 Å². The first kappa shape index (κ1) is 16.5. The molecule has 1 unspecified atom stereocenters. The summed E-state index contributed by atoms with van der Waals surface area (Å²) in [5, 5.41) is 20.2. The first-order valence-electron chi connectivity index (χ1n) is 8.31. The van der Waals surface area contributed by atoms with E-state index in [9.17, 15) is 9.50 Å². The number of aromatic nitrogens is 3. The van der Waals surface area contributed by atoms with E-state index in [2.05, 4.69) is 15.2 Å². The summed E-state index contributed by atoms with van der Waals surface area (Å²) in [7, 11) is 0. The minimum Gasteiger partial charge on any atom is -0.385 e. The maximum atomic E-state index is 14.5. The van der Waals surface area contributed by atoms with Crippen LogP contribution in [-0.2, 0) is 11.4 Å². The Bertz CT molecular complexity index is 805. The molecule has 4 rings (SSSR count). The molecule has 0 bridgehead atoms. The molecule has 1 spiro atoms. The molecule has 0 radical (unpaired) electrons. The van der Waals surface area contributed by atoms with Crippen molar-refractivity contribution in [2.24, 2.45) is 5.16 Å². The number of oxime groups is 1. The molecule has 25 heavy (non-hydrogen) atoms. The van der Waals surface area contributed by atoms with Gasteiger partial charge in [0.05, 0.1) is 6.54 Å². The summed E-state index contributed by atoms with van der Waals surface area (Å²) < 4.78 is 16.0. The molecular formula is C17H18ClFN4O2. The zero-order valence-electron chi connectivity index (χ0n) is 13.5. The standard InChI is InChI=1S/C17H18ClFN4O2/c18-12-4-5-13(14(19)8-12)15-17(24,9-23-11-20-10-21-23)16(25-22-15)6-2-1-3-7-16/h4-5,8,10-11,24H,1-3,6-7,9H2. The van der Waals surface area contributed by atoms with Crippen LogP contribution in [0, 0.1) is 5.82 Å². The van der Waals surface area contributed by atoms with Gasteiger partial charge in [-0.1, -0.05) is 23.2 Å². The summed E-state index contributed by atoms with van der Waals surface area (Å²) in [5.41, 5.74) is -2.01. The molecule has 1 aliphatic carbocycles. The first-order chi connectivity index (χ1) is 12.0. The van der Waals surface area contributed by atoms with E-state index in [0.717, 1.165) is 19.3 Å². The Kier molecular flexibility index (Phi) is 4.00. The molecule has 8 heteroatoms. The largest absolute Gasteiger partial charge is 0.385 e. The molecule has 132 valence electrons. The second-order valence-corrected chi connectivity index (χ2v) is 7.10. The van der Waals surface area contributed by atoms with Crippen LogP contribution in [0.4, 0.5) is 4.39 Å². The van der Waals surface area contributed by atoms with E-state index in [4.69, 9.17) is 16.4 Å². The van der Waals surface area contributed by atoms with Crippen LogP contribution in [-0.4, -0.2) is 36.8 Å². The fourth-order valence-corrected chi connectivity index (χ4v) is 4.01. The van der Waals surface area contributed by atoms with Gasteiger partial charge in [0.15, 0.2) is 11.2 Å². The number of aliphatic hydroxyl groups is 1. The normalized spacial score (nSPS) is 25.0. The Morgan fingerprint density at radius 3 is 2.76 bits per heavy atom. The van der Waals surface area contributed by atoms with Gasteiger partial charge in [-0.2, -0.15) is 5.10 Å². The molecule has 2 aromatic rings. The van der Waals surface area contributed by atoms with Crippen molar-refractivity contribution in [1.82, 2.24) is 14.8 Å². The predicted molar refractivity (Wildman–Crippen MR) is 89.8 cm³/mol. The highest BCUT2D eigenvalue weighted by Crippen LogP contribution is 2.47. The van der Waals surface area contributed by atoms with Crippen molar-refractivity contribution in [3.8, 4) is 0 Å². The molecule has 1 aliphatic heterocycles. The van der Waals surface area contributed by atoms with Gasteiger partial charge in [-0.3, -0.25) is 0 Å². The lowest BCUT2D eigenvalue weighted by atomic mass is 9.69. The Morgan fingerprint density at radius 2 is 2.08 bits per heavy atom. The minimum absolute atomic E-state index is 0.0912. The first-order valence-corrected chi connectivity index (χ1v) is 8.69. The molecule has 2 aliphatic rings. The van der Waals surface area contributed by atoms with Crippen molar-refractivity contribution in [2.75, 3.05) is 0 Å². The monoisotopic (exact) mass is 364 g/mol. The van der Waals surface area contributed by atoms with E-state index >= 15 is 0 Å². The summed E-state index contributed by atoms with van der Waals surface area (Å²) in [6.45, 7) is 0.0912. The van der Waals surface area contributed by atoms with Gasteiger partial charge >= 0.3 is 0 Å². The van der Waals surface area contributed by atoms with E-state index in [1.807, 2.05) is 0 Å². The van der Waals surface area contributed by atoms with Crippen LogP contribution in [0.5, 0.6) is 0 Å². The van der Waals surface area contributed by atoms with Crippen molar-refractivity contribution in [1.29, 1.82) is 0 Å². The smallest absolute Gasteiger partial charge is 0.173 e. The summed E-state index contributed by atoms with van der Waals surface area (Å²) >= 11 is 5.86. The summed E-state index contributed by atoms with van der Waals surface area (Å²) in [5.74, 6) is -0.542. The Morgan fingerprint density at radius 1 is 1.28 bits per heavy atom. The van der Waals surface area contributed by atoms with Crippen LogP contribution in [0.3, 0.4) is 0 Å². The molecule has 0 saturated heterocycles. The number of rotatable bonds is 3. The molecule has 1 aromatic carbocycles. The van der Waals surface area contributed by atoms with Gasteiger partial charge in [0.2, 0.25) is 0 Å². The average Bonchev–Trinajstić information content (AvgIpc) is 3.18. The third-order valence-electron chi connectivity index (χ3n) is 5.16. The highest BCUT2D eigenvalue weighted by Gasteiger charge is 2.61. The Balaban J connectivity index is 1.79. The van der Waals surface area contributed by atoms with Crippen molar-refractivity contribution in [3.05, 3.63) is 47.3 Å². The van der Waals surface area contributed by atoms with Crippen LogP contribution >= 0.6 is 11.6 Å². The quantitative estimate of drug-likeness (QED) is 0.908. The maximum Gasteiger partial charge on any atom is 0.173 e. The number of halogens is 2. The molecule has 1 N–H and O–H groups in total. The molecule has 2 heterocycles. The van der Waals surface area contributed by atoms with Crippen molar-refractivity contribution < 1.29 is 14.3 Å². The maximum absolute atomic E-state index is 14.5. The Hall–Kier alpha value is -1.99. The lowest BCUT2D eigenvalue weighted by molar-refractivity contribution is -0.151. The molecular weight excluding hydrogens is 347 g/mol. The zero-order valence-corrected chi connectivity index (χ0v) is 14.3. The van der Waals surface area contributed by atoms with Crippen molar-refractivity contribution >= 4 is 17.3 Å². The van der Waals surface area contributed by atoms with E-state index < -0.39 is 17.0 Å². The third kappa shape index (κ3) is 2.62. The summed E-state index contributed by atoms with van der Waals surface area (Å²) in [6.07, 6.45) is 7.14. The van der Waals surface area contributed by atoms with Crippen LogP contribution in [0.15, 0.2) is 36.0 Å². The second kappa shape index (κ2) is 6.07. The van der Waals surface area contributed by atoms with E-state index in [-0.39, 0.29) is 22.8 Å². The number of benzene rings is 1. The number of hydrogen-bond donors (Lipinski definition) is 1. The molecule has 1 saturated carbocycles. The number of hydrogen-bond acceptors (Lipinski definition) is 5. The van der Waals surface area contributed by atoms with Gasteiger partial charge in [0.1, 0.15) is 24.2 Å². The van der Waals surface area contributed by atoms with E-state index in [1.165, 1.54) is 29.5 Å². The number of nitrogens with zero attached hydrogens (tertiary/aromatic N) is 4. The van der Waals surface area contributed by atoms with Crippen LogP contribution in [0.1, 0.15) is 37.7 Å². The molecule has 1 aromatic heterocycles. The fourth-order valence-electron chi connectivity index (χ4n) is 3.85. The average molecular weight is 365 g/mol. The molecule has 1 fully saturated rings. The van der Waals surface area contributed by atoms with E-state index in [1.54, 1.807) is 6.07 Å². The van der Waals surface area contributed by atoms with Gasteiger partial charge in [0, 0.05) is 10.6 Å². The van der Waals surface area contributed by atoms with Crippen molar-refractivity contribution in [2.45, 2.75) is 49.9 Å². The van der Waals surface area contributed by atoms with Gasteiger partial charge in [-0.25, -0.2) is 14.1 Å². The highest BCUT2D eigenvalue weighted by molar-refractivity contribution is 6.30. The lowest BCUT2D eigenvalue weighted by Gasteiger charge is -2.42. The Labute approximate surface area is 149 Å². The molecule has 0 amide bonds. The van der Waals surface area contributed by atoms with Gasteiger partial charge < -0.3 is 9.94 Å². The minimum atomic E-state index is -1.50. The van der Waals surface area contributed by atoms with Gasteiger partial charge in [-0.05, 0) is 43.9 Å². The van der Waals surface area contributed by atoms with Crippen LogP contribution < -0.4 is 0 Å². The third-order valence-corrected chi connectivity index (χ3v) is 5.40.